The van der Waals surface area contributed by atoms with E-state index in [9.17, 15) is 9.59 Å². The van der Waals surface area contributed by atoms with Gasteiger partial charge in [-0.15, -0.1) is 0 Å². The minimum atomic E-state index is -0.431. The first kappa shape index (κ1) is 23.0. The van der Waals surface area contributed by atoms with E-state index in [1.54, 1.807) is 72.4 Å². The SMILES string of the molecule is Cc1cc(NC(=O)c2cccc(-n3nc(C)c(NC(=O)Nc4ccccc4Cl)c3C)c2)ccn1. The molecule has 0 unspecified atom stereocenters. The van der Waals surface area contributed by atoms with Crippen LogP contribution in [-0.2, 0) is 0 Å². The third kappa shape index (κ3) is 5.07. The van der Waals surface area contributed by atoms with Crippen LogP contribution in [0.1, 0.15) is 27.4 Å². The lowest BCUT2D eigenvalue weighted by Crippen LogP contribution is -2.20. The number of anilines is 3. The number of nitrogens with one attached hydrogen (secondary N) is 3. The monoisotopic (exact) mass is 474 g/mol. The Kier molecular flexibility index (Phi) is 6.60. The van der Waals surface area contributed by atoms with Crippen molar-refractivity contribution in [2.75, 3.05) is 16.0 Å². The van der Waals surface area contributed by atoms with Crippen molar-refractivity contribution in [1.29, 1.82) is 0 Å². The average Bonchev–Trinajstić information content (AvgIpc) is 3.09. The highest BCUT2D eigenvalue weighted by Crippen LogP contribution is 2.25. The summed E-state index contributed by atoms with van der Waals surface area (Å²) in [6.45, 7) is 5.51. The number of carbonyl (C=O) groups excluding carboxylic acids is 2. The van der Waals surface area contributed by atoms with Crippen molar-refractivity contribution in [3.8, 4) is 5.69 Å². The first-order chi connectivity index (χ1) is 16.3. The van der Waals surface area contributed by atoms with Crippen LogP contribution in [0.25, 0.3) is 5.69 Å². The van der Waals surface area contributed by atoms with Crippen LogP contribution in [-0.4, -0.2) is 26.7 Å². The van der Waals surface area contributed by atoms with Gasteiger partial charge in [-0.2, -0.15) is 5.10 Å². The third-order valence-corrected chi connectivity index (χ3v) is 5.49. The Balaban J connectivity index is 1.54. The molecule has 9 heteroatoms. The maximum Gasteiger partial charge on any atom is 0.323 e. The van der Waals surface area contributed by atoms with Crippen LogP contribution >= 0.6 is 11.6 Å². The molecule has 2 aromatic heterocycles. The number of nitrogens with zero attached hydrogens (tertiary/aromatic N) is 3. The predicted octanol–water partition coefficient (Wildman–Crippen LogP) is 5.74. The number of benzene rings is 2. The summed E-state index contributed by atoms with van der Waals surface area (Å²) in [4.78, 5) is 29.5. The van der Waals surface area contributed by atoms with Gasteiger partial charge < -0.3 is 16.0 Å². The van der Waals surface area contributed by atoms with E-state index in [2.05, 4.69) is 26.0 Å². The smallest absolute Gasteiger partial charge is 0.322 e. The van der Waals surface area contributed by atoms with Gasteiger partial charge in [0.2, 0.25) is 0 Å². The Morgan fingerprint density at radius 2 is 1.71 bits per heavy atom. The first-order valence-electron chi connectivity index (χ1n) is 10.5. The first-order valence-corrected chi connectivity index (χ1v) is 10.9. The maximum atomic E-state index is 12.8. The molecule has 0 saturated heterocycles. The fraction of sp³-hybridized carbons (Fsp3) is 0.120. The maximum absolute atomic E-state index is 12.8. The number of pyridine rings is 1. The zero-order chi connectivity index (χ0) is 24.2. The van der Waals surface area contributed by atoms with Crippen molar-refractivity contribution in [1.82, 2.24) is 14.8 Å². The number of aryl methyl sites for hydroxylation is 2. The molecule has 0 aliphatic carbocycles. The van der Waals surface area contributed by atoms with Gasteiger partial charge in [0.05, 0.1) is 33.5 Å². The summed E-state index contributed by atoms with van der Waals surface area (Å²) in [5, 5.41) is 13.5. The Morgan fingerprint density at radius 3 is 2.47 bits per heavy atom. The van der Waals surface area contributed by atoms with Crippen molar-refractivity contribution in [3.63, 3.8) is 0 Å². The van der Waals surface area contributed by atoms with Gasteiger partial charge in [-0.3, -0.25) is 9.78 Å². The Hall–Kier alpha value is -4.17. The Labute approximate surface area is 202 Å². The second-order valence-electron chi connectivity index (χ2n) is 7.71. The molecule has 0 atom stereocenters. The quantitative estimate of drug-likeness (QED) is 0.343. The Bertz CT molecular complexity index is 1380. The second-order valence-corrected chi connectivity index (χ2v) is 8.11. The molecule has 2 aromatic carbocycles. The zero-order valence-electron chi connectivity index (χ0n) is 18.9. The summed E-state index contributed by atoms with van der Waals surface area (Å²) in [5.41, 5.74) is 5.09. The van der Waals surface area contributed by atoms with E-state index in [1.807, 2.05) is 19.9 Å². The van der Waals surface area contributed by atoms with Crippen molar-refractivity contribution in [2.45, 2.75) is 20.8 Å². The highest BCUT2D eigenvalue weighted by Gasteiger charge is 2.17. The number of rotatable bonds is 5. The van der Waals surface area contributed by atoms with Crippen LogP contribution in [0.3, 0.4) is 0 Å². The molecule has 0 saturated carbocycles. The number of aromatic nitrogens is 3. The van der Waals surface area contributed by atoms with Crippen molar-refractivity contribution in [3.05, 3.63) is 94.5 Å². The van der Waals surface area contributed by atoms with Crippen LogP contribution < -0.4 is 16.0 Å². The molecule has 3 amide bonds. The van der Waals surface area contributed by atoms with Gasteiger partial charge in [0.25, 0.3) is 5.91 Å². The highest BCUT2D eigenvalue weighted by atomic mass is 35.5. The summed E-state index contributed by atoms with van der Waals surface area (Å²) in [6, 6.07) is 17.2. The molecule has 0 radical (unpaired) electrons. The van der Waals surface area contributed by atoms with E-state index in [-0.39, 0.29) is 5.91 Å². The molecular weight excluding hydrogens is 452 g/mol. The lowest BCUT2D eigenvalue weighted by atomic mass is 10.1. The van der Waals surface area contributed by atoms with Gasteiger partial charge in [-0.05, 0) is 63.2 Å². The molecule has 0 aliphatic heterocycles. The molecular formula is C25H23ClN6O2. The summed E-state index contributed by atoms with van der Waals surface area (Å²) in [7, 11) is 0. The van der Waals surface area contributed by atoms with Gasteiger partial charge in [0, 0.05) is 23.1 Å². The Morgan fingerprint density at radius 1 is 0.912 bits per heavy atom. The lowest BCUT2D eigenvalue weighted by Gasteiger charge is -2.10. The number of carbonyl (C=O) groups is 2. The van der Waals surface area contributed by atoms with Crippen LogP contribution in [0.2, 0.25) is 5.02 Å². The minimum absolute atomic E-state index is 0.244. The van der Waals surface area contributed by atoms with E-state index >= 15 is 0 Å². The molecule has 4 aromatic rings. The molecule has 172 valence electrons. The van der Waals surface area contributed by atoms with Crippen LogP contribution in [0.4, 0.5) is 21.9 Å². The van der Waals surface area contributed by atoms with E-state index < -0.39 is 6.03 Å². The summed E-state index contributed by atoms with van der Waals surface area (Å²) in [5.74, 6) is -0.244. The van der Waals surface area contributed by atoms with E-state index in [0.717, 1.165) is 5.69 Å². The van der Waals surface area contributed by atoms with E-state index in [1.165, 1.54) is 0 Å². The minimum Gasteiger partial charge on any atom is -0.322 e. The molecule has 0 fully saturated rings. The number of halogens is 1. The molecule has 2 heterocycles. The van der Waals surface area contributed by atoms with Crippen molar-refractivity contribution >= 4 is 40.6 Å². The van der Waals surface area contributed by atoms with E-state index in [0.29, 0.717) is 44.7 Å². The average molecular weight is 475 g/mol. The van der Waals surface area contributed by atoms with Crippen LogP contribution in [0, 0.1) is 20.8 Å². The molecule has 3 N–H and O–H groups in total. The normalized spacial score (nSPS) is 10.6. The van der Waals surface area contributed by atoms with Crippen LogP contribution in [0.5, 0.6) is 0 Å². The van der Waals surface area contributed by atoms with Crippen molar-refractivity contribution in [2.24, 2.45) is 0 Å². The number of amides is 3. The predicted molar refractivity (Wildman–Crippen MR) is 134 cm³/mol. The van der Waals surface area contributed by atoms with Gasteiger partial charge in [-0.25, -0.2) is 9.48 Å². The lowest BCUT2D eigenvalue weighted by molar-refractivity contribution is 0.102. The summed E-state index contributed by atoms with van der Waals surface area (Å²) < 4.78 is 1.69. The fourth-order valence-electron chi connectivity index (χ4n) is 3.51. The molecule has 8 nitrogen and oxygen atoms in total. The third-order valence-electron chi connectivity index (χ3n) is 5.16. The second kappa shape index (κ2) is 9.76. The summed E-state index contributed by atoms with van der Waals surface area (Å²) >= 11 is 6.12. The summed E-state index contributed by atoms with van der Waals surface area (Å²) in [6.07, 6.45) is 1.65. The molecule has 34 heavy (non-hydrogen) atoms. The molecule has 0 aliphatic rings. The van der Waals surface area contributed by atoms with E-state index in [4.69, 9.17) is 11.6 Å². The molecule has 0 bridgehead atoms. The standard InChI is InChI=1S/C25H23ClN6O2/c1-15-13-19(11-12-27-15)28-24(33)18-7-6-8-20(14-18)32-17(3)23(16(2)31-32)30-25(34)29-22-10-5-4-9-21(22)26/h4-14H,1-3H3,(H,27,28,33)(H2,29,30,34). The molecule has 4 rings (SSSR count). The van der Waals surface area contributed by atoms with Crippen molar-refractivity contribution < 1.29 is 9.59 Å². The fourth-order valence-corrected chi connectivity index (χ4v) is 3.69. The number of hydrogen-bond donors (Lipinski definition) is 3. The number of hydrogen-bond acceptors (Lipinski definition) is 4. The van der Waals surface area contributed by atoms with Gasteiger partial charge in [-0.1, -0.05) is 29.8 Å². The number of para-hydroxylation sites is 1. The highest BCUT2D eigenvalue weighted by molar-refractivity contribution is 6.33. The largest absolute Gasteiger partial charge is 0.323 e. The zero-order valence-corrected chi connectivity index (χ0v) is 19.6. The van der Waals surface area contributed by atoms with Gasteiger partial charge in [0.1, 0.15) is 0 Å². The van der Waals surface area contributed by atoms with Gasteiger partial charge in [0.15, 0.2) is 0 Å². The van der Waals surface area contributed by atoms with Crippen LogP contribution in [0.15, 0.2) is 66.9 Å². The number of urea groups is 1. The van der Waals surface area contributed by atoms with Gasteiger partial charge >= 0.3 is 6.03 Å². The topological polar surface area (TPSA) is 101 Å². The molecule has 0 spiro atoms.